The first kappa shape index (κ1) is 20.2. The molecular weight excluding hydrogens is 404 g/mol. The Kier molecular flexibility index (Phi) is 5.85. The minimum Gasteiger partial charge on any atom is -0.459 e. The maximum absolute atomic E-state index is 12.7. The molecule has 2 amide bonds. The van der Waals surface area contributed by atoms with Crippen LogP contribution in [0.25, 0.3) is 0 Å². The predicted octanol–water partition coefficient (Wildman–Crippen LogP) is 1.31. The van der Waals surface area contributed by atoms with E-state index in [-0.39, 0.29) is 30.5 Å². The molecule has 0 aliphatic carbocycles. The van der Waals surface area contributed by atoms with E-state index < -0.39 is 29.3 Å². The summed E-state index contributed by atoms with van der Waals surface area (Å²) in [5.41, 5.74) is 1.63. The Labute approximate surface area is 177 Å². The predicted molar refractivity (Wildman–Crippen MR) is 110 cm³/mol. The van der Waals surface area contributed by atoms with Crippen LogP contribution in [0.3, 0.4) is 0 Å². The van der Waals surface area contributed by atoms with E-state index in [0.717, 1.165) is 11.1 Å². The molecule has 2 aliphatic heterocycles. The minimum absolute atomic E-state index is 0.0283. The number of carbonyl (C=O) groups is 4. The summed E-state index contributed by atoms with van der Waals surface area (Å²) in [5, 5.41) is 2.28. The van der Waals surface area contributed by atoms with Crippen LogP contribution >= 0.6 is 11.8 Å². The number of benzene rings is 2. The molecule has 0 radical (unpaired) electrons. The number of ether oxygens (including phenoxy) is 1. The highest BCUT2D eigenvalue weighted by molar-refractivity contribution is 8.00. The second-order valence-corrected chi connectivity index (χ2v) is 8.22. The van der Waals surface area contributed by atoms with Gasteiger partial charge in [-0.15, -0.1) is 11.8 Å². The van der Waals surface area contributed by atoms with Crippen LogP contribution in [0.2, 0.25) is 0 Å². The Morgan fingerprint density at radius 1 is 1.00 bits per heavy atom. The molecule has 2 aromatic rings. The number of nitrogens with zero attached hydrogens (tertiary/aromatic N) is 1. The Morgan fingerprint density at radius 2 is 1.63 bits per heavy atom. The van der Waals surface area contributed by atoms with Gasteiger partial charge < -0.3 is 15.0 Å². The molecule has 2 fully saturated rings. The number of β-lactam (4-membered cyclic amide) rings is 1. The quantitative estimate of drug-likeness (QED) is 0.427. The third kappa shape index (κ3) is 4.09. The molecule has 0 bridgehead atoms. The first-order valence-corrected chi connectivity index (χ1v) is 10.6. The van der Waals surface area contributed by atoms with Crippen molar-refractivity contribution in [2.24, 2.45) is 0 Å². The van der Waals surface area contributed by atoms with Crippen molar-refractivity contribution in [3.8, 4) is 0 Å². The Balaban J connectivity index is 1.37. The molecule has 2 aromatic carbocycles. The zero-order chi connectivity index (χ0) is 21.1. The van der Waals surface area contributed by atoms with Crippen LogP contribution in [-0.4, -0.2) is 51.7 Å². The van der Waals surface area contributed by atoms with Crippen molar-refractivity contribution in [1.29, 1.82) is 0 Å². The number of fused-ring (bicyclic) bond motifs is 1. The second-order valence-electron chi connectivity index (χ2n) is 7.12. The highest BCUT2D eigenvalue weighted by Crippen LogP contribution is 2.37. The fourth-order valence-electron chi connectivity index (χ4n) is 3.53. The van der Waals surface area contributed by atoms with E-state index in [4.69, 9.17) is 4.74 Å². The van der Waals surface area contributed by atoms with Gasteiger partial charge in [0.2, 0.25) is 11.8 Å². The third-order valence-electron chi connectivity index (χ3n) is 5.03. The molecule has 2 aliphatic rings. The van der Waals surface area contributed by atoms with Crippen molar-refractivity contribution in [2.45, 2.75) is 30.5 Å². The van der Waals surface area contributed by atoms with Crippen molar-refractivity contribution < 1.29 is 23.9 Å². The second kappa shape index (κ2) is 8.71. The van der Waals surface area contributed by atoms with Crippen molar-refractivity contribution in [1.82, 2.24) is 10.2 Å². The van der Waals surface area contributed by atoms with Crippen LogP contribution in [0.15, 0.2) is 60.7 Å². The summed E-state index contributed by atoms with van der Waals surface area (Å²) >= 11 is 1.25. The Morgan fingerprint density at radius 3 is 2.30 bits per heavy atom. The van der Waals surface area contributed by atoms with Crippen LogP contribution in [0.1, 0.15) is 11.1 Å². The number of hydrogen-bond acceptors (Lipinski definition) is 6. The number of carbonyl (C=O) groups excluding carboxylic acids is 4. The lowest BCUT2D eigenvalue weighted by Crippen LogP contribution is -2.76. The van der Waals surface area contributed by atoms with E-state index >= 15 is 0 Å². The maximum Gasteiger partial charge on any atom is 0.337 e. The highest BCUT2D eigenvalue weighted by Gasteiger charge is 2.58. The van der Waals surface area contributed by atoms with Crippen LogP contribution in [0.4, 0.5) is 0 Å². The largest absolute Gasteiger partial charge is 0.459 e. The molecule has 8 heteroatoms. The molecule has 30 heavy (non-hydrogen) atoms. The van der Waals surface area contributed by atoms with Crippen LogP contribution in [0.5, 0.6) is 0 Å². The number of thioether (sulfide) groups is 1. The number of nitrogens with one attached hydrogen (secondary N) is 1. The number of amides is 2. The minimum atomic E-state index is -1.25. The lowest BCUT2D eigenvalue weighted by Gasteiger charge is -2.51. The standard InChI is InChI=1S/C22H20N2O5S/c25-16-13-30-21-18(23-17(26)11-14-7-3-1-4-8-14)20(27)24(21)19(16)22(28)29-12-15-9-5-2-6-10-15/h1-10,18-19,21H,11-13H2,(H,23,26)/t18-,19-,21+/m1/s1. The average molecular weight is 424 g/mol. The van der Waals surface area contributed by atoms with Gasteiger partial charge in [-0.2, -0.15) is 0 Å². The summed E-state index contributed by atoms with van der Waals surface area (Å²) < 4.78 is 5.28. The number of esters is 1. The smallest absolute Gasteiger partial charge is 0.337 e. The zero-order valence-electron chi connectivity index (χ0n) is 16.0. The van der Waals surface area contributed by atoms with Crippen LogP contribution in [0, 0.1) is 0 Å². The van der Waals surface area contributed by atoms with Gasteiger partial charge in [0.25, 0.3) is 0 Å². The van der Waals surface area contributed by atoms with E-state index in [1.807, 2.05) is 60.7 Å². The van der Waals surface area contributed by atoms with E-state index in [1.165, 1.54) is 16.7 Å². The Hall–Kier alpha value is -3.13. The number of Topliss-reactive ketones (excluding diaryl/α,β-unsaturated/α-hetero) is 1. The monoisotopic (exact) mass is 424 g/mol. The molecule has 0 spiro atoms. The molecule has 3 atom stereocenters. The van der Waals surface area contributed by atoms with Gasteiger partial charge >= 0.3 is 5.97 Å². The molecular formula is C22H20N2O5S. The summed E-state index contributed by atoms with van der Waals surface area (Å²) in [4.78, 5) is 51.1. The van der Waals surface area contributed by atoms with Gasteiger partial charge in [0, 0.05) is 0 Å². The van der Waals surface area contributed by atoms with Crippen molar-refractivity contribution >= 4 is 35.3 Å². The van der Waals surface area contributed by atoms with Gasteiger partial charge in [0.15, 0.2) is 11.8 Å². The SMILES string of the molecule is O=C(Cc1ccccc1)N[C@@H]1C(=O)N2[C@@H](C(=O)OCc3ccccc3)C(=O)CS[C@@H]12. The van der Waals surface area contributed by atoms with Gasteiger partial charge in [-0.1, -0.05) is 60.7 Å². The molecule has 4 rings (SSSR count). The number of ketones is 1. The van der Waals surface area contributed by atoms with Gasteiger partial charge in [-0.3, -0.25) is 14.4 Å². The van der Waals surface area contributed by atoms with Crippen molar-refractivity contribution in [3.05, 3.63) is 71.8 Å². The third-order valence-corrected chi connectivity index (χ3v) is 6.32. The van der Waals surface area contributed by atoms with Crippen LogP contribution < -0.4 is 5.32 Å². The van der Waals surface area contributed by atoms with Gasteiger partial charge in [0.05, 0.1) is 12.2 Å². The van der Waals surface area contributed by atoms with E-state index in [9.17, 15) is 19.2 Å². The highest BCUT2D eigenvalue weighted by atomic mass is 32.2. The molecule has 2 saturated heterocycles. The summed E-state index contributed by atoms with van der Waals surface area (Å²) in [6, 6.07) is 16.3. The molecule has 0 unspecified atom stereocenters. The summed E-state index contributed by atoms with van der Waals surface area (Å²) in [6.45, 7) is 0.0283. The molecule has 1 N–H and O–H groups in total. The normalized spacial score (nSPS) is 22.7. The lowest BCUT2D eigenvalue weighted by atomic mass is 10.00. The number of hydrogen-bond donors (Lipinski definition) is 1. The van der Waals surface area contributed by atoms with Crippen LogP contribution in [-0.2, 0) is 36.9 Å². The van der Waals surface area contributed by atoms with Crippen molar-refractivity contribution in [2.75, 3.05) is 5.75 Å². The van der Waals surface area contributed by atoms with Crippen molar-refractivity contribution in [3.63, 3.8) is 0 Å². The summed E-state index contributed by atoms with van der Waals surface area (Å²) in [7, 11) is 0. The molecule has 0 saturated carbocycles. The number of rotatable bonds is 6. The maximum atomic E-state index is 12.7. The Bertz CT molecular complexity index is 966. The first-order valence-electron chi connectivity index (χ1n) is 9.55. The van der Waals surface area contributed by atoms with E-state index in [2.05, 4.69) is 5.32 Å². The summed E-state index contributed by atoms with van der Waals surface area (Å²) in [6.07, 6.45) is 0.156. The molecule has 0 aromatic heterocycles. The van der Waals surface area contributed by atoms with Gasteiger partial charge in [0.1, 0.15) is 18.0 Å². The lowest BCUT2D eigenvalue weighted by molar-refractivity contribution is -0.168. The average Bonchev–Trinajstić information content (AvgIpc) is 2.77. The first-order chi connectivity index (χ1) is 14.5. The van der Waals surface area contributed by atoms with Gasteiger partial charge in [-0.05, 0) is 11.1 Å². The fraction of sp³-hybridized carbons (Fsp3) is 0.273. The van der Waals surface area contributed by atoms with E-state index in [1.54, 1.807) is 0 Å². The zero-order valence-corrected chi connectivity index (χ0v) is 16.8. The van der Waals surface area contributed by atoms with E-state index in [0.29, 0.717) is 0 Å². The molecule has 7 nitrogen and oxygen atoms in total. The fourth-order valence-corrected chi connectivity index (χ4v) is 4.79. The summed E-state index contributed by atoms with van der Waals surface area (Å²) in [5.74, 6) is -1.73. The molecule has 154 valence electrons. The molecule has 2 heterocycles. The topological polar surface area (TPSA) is 92.8 Å². The van der Waals surface area contributed by atoms with Gasteiger partial charge in [-0.25, -0.2) is 4.79 Å².